The molecule has 0 fully saturated rings. The SMILES string of the molecule is Cc1cc(NCCc2c(C)nn(C)c2C)c(C#N)c(C)n1. The largest absolute Gasteiger partial charge is 0.384 e. The molecule has 0 saturated heterocycles. The third kappa shape index (κ3) is 3.05. The third-order valence-electron chi connectivity index (χ3n) is 3.79. The van der Waals surface area contributed by atoms with Gasteiger partial charge in [0.1, 0.15) is 6.07 Å². The molecule has 2 aromatic heterocycles. The molecule has 0 atom stereocenters. The Morgan fingerprint density at radius 2 is 1.95 bits per heavy atom. The van der Waals surface area contributed by atoms with Crippen LogP contribution in [0.4, 0.5) is 5.69 Å². The van der Waals surface area contributed by atoms with E-state index in [4.69, 9.17) is 0 Å². The van der Waals surface area contributed by atoms with Crippen molar-refractivity contribution in [1.29, 1.82) is 5.26 Å². The number of hydrogen-bond donors (Lipinski definition) is 1. The average molecular weight is 283 g/mol. The minimum absolute atomic E-state index is 0.625. The van der Waals surface area contributed by atoms with Crippen LogP contribution >= 0.6 is 0 Å². The lowest BCUT2D eigenvalue weighted by Gasteiger charge is -2.11. The van der Waals surface area contributed by atoms with Crippen LogP contribution in [0.25, 0.3) is 0 Å². The lowest BCUT2D eigenvalue weighted by molar-refractivity contribution is 0.730. The van der Waals surface area contributed by atoms with E-state index in [1.807, 2.05) is 38.6 Å². The number of hydrogen-bond acceptors (Lipinski definition) is 4. The molecule has 0 aromatic carbocycles. The second-order valence-corrected chi connectivity index (χ2v) is 5.33. The van der Waals surface area contributed by atoms with Crippen molar-refractivity contribution in [1.82, 2.24) is 14.8 Å². The molecule has 2 heterocycles. The van der Waals surface area contributed by atoms with Gasteiger partial charge in [-0.05, 0) is 45.7 Å². The lowest BCUT2D eigenvalue weighted by atomic mass is 10.1. The Kier molecular flexibility index (Phi) is 4.27. The molecule has 2 aromatic rings. The normalized spacial score (nSPS) is 10.5. The Morgan fingerprint density at radius 3 is 2.52 bits per heavy atom. The molecule has 0 amide bonds. The van der Waals surface area contributed by atoms with Crippen molar-refractivity contribution in [3.63, 3.8) is 0 Å². The molecule has 5 heteroatoms. The summed E-state index contributed by atoms with van der Waals surface area (Å²) in [6, 6.07) is 4.15. The van der Waals surface area contributed by atoms with Gasteiger partial charge in [-0.2, -0.15) is 10.4 Å². The molecule has 0 aliphatic rings. The van der Waals surface area contributed by atoms with Gasteiger partial charge in [-0.1, -0.05) is 0 Å². The van der Waals surface area contributed by atoms with Gasteiger partial charge in [-0.25, -0.2) is 0 Å². The molecule has 21 heavy (non-hydrogen) atoms. The highest BCUT2D eigenvalue weighted by atomic mass is 15.3. The Morgan fingerprint density at radius 1 is 1.24 bits per heavy atom. The maximum Gasteiger partial charge on any atom is 0.103 e. The number of aryl methyl sites for hydroxylation is 4. The van der Waals surface area contributed by atoms with E-state index < -0.39 is 0 Å². The second kappa shape index (κ2) is 5.96. The first-order valence-corrected chi connectivity index (χ1v) is 7.05. The number of aromatic nitrogens is 3. The topological polar surface area (TPSA) is 66.5 Å². The summed E-state index contributed by atoms with van der Waals surface area (Å²) >= 11 is 0. The maximum absolute atomic E-state index is 9.25. The van der Waals surface area contributed by atoms with Crippen molar-refractivity contribution < 1.29 is 0 Å². The maximum atomic E-state index is 9.25. The summed E-state index contributed by atoms with van der Waals surface area (Å²) in [6.45, 7) is 8.69. The summed E-state index contributed by atoms with van der Waals surface area (Å²) in [5.74, 6) is 0. The van der Waals surface area contributed by atoms with Crippen LogP contribution in [0, 0.1) is 39.0 Å². The van der Waals surface area contributed by atoms with E-state index in [0.717, 1.165) is 35.7 Å². The van der Waals surface area contributed by atoms with Crippen molar-refractivity contribution in [3.8, 4) is 6.07 Å². The Bertz CT molecular complexity index is 706. The monoisotopic (exact) mass is 283 g/mol. The van der Waals surface area contributed by atoms with Crippen molar-refractivity contribution in [2.75, 3.05) is 11.9 Å². The summed E-state index contributed by atoms with van der Waals surface area (Å²) in [4.78, 5) is 4.33. The van der Waals surface area contributed by atoms with E-state index in [-0.39, 0.29) is 0 Å². The first kappa shape index (κ1) is 15.0. The number of nitriles is 1. The van der Waals surface area contributed by atoms with Crippen LogP contribution in [0.2, 0.25) is 0 Å². The smallest absolute Gasteiger partial charge is 0.103 e. The van der Waals surface area contributed by atoms with E-state index in [9.17, 15) is 5.26 Å². The predicted molar refractivity (Wildman–Crippen MR) is 83.3 cm³/mol. The number of pyridine rings is 1. The zero-order chi connectivity index (χ0) is 15.6. The Balaban J connectivity index is 2.13. The molecule has 0 spiro atoms. The van der Waals surface area contributed by atoms with Crippen LogP contribution in [-0.2, 0) is 13.5 Å². The van der Waals surface area contributed by atoms with Gasteiger partial charge in [0.05, 0.1) is 22.6 Å². The standard InChI is InChI=1S/C16H21N5/c1-10-8-16(15(9-17)11(2)19-10)18-7-6-14-12(3)20-21(5)13(14)4/h8H,6-7H2,1-5H3,(H,18,19). The minimum atomic E-state index is 0.625. The first-order valence-electron chi connectivity index (χ1n) is 7.05. The summed E-state index contributed by atoms with van der Waals surface area (Å²) < 4.78 is 1.91. The van der Waals surface area contributed by atoms with Gasteiger partial charge < -0.3 is 5.32 Å². The fourth-order valence-corrected chi connectivity index (χ4v) is 2.61. The highest BCUT2D eigenvalue weighted by Gasteiger charge is 2.11. The highest BCUT2D eigenvalue weighted by Crippen LogP contribution is 2.19. The van der Waals surface area contributed by atoms with Gasteiger partial charge in [0.2, 0.25) is 0 Å². The molecular weight excluding hydrogens is 262 g/mol. The summed E-state index contributed by atoms with van der Waals surface area (Å²) in [7, 11) is 1.96. The lowest BCUT2D eigenvalue weighted by Crippen LogP contribution is -2.09. The Hall–Kier alpha value is -2.35. The van der Waals surface area contributed by atoms with Crippen LogP contribution in [0.3, 0.4) is 0 Å². The van der Waals surface area contributed by atoms with Gasteiger partial charge in [-0.3, -0.25) is 9.67 Å². The number of anilines is 1. The summed E-state index contributed by atoms with van der Waals surface area (Å²) in [5, 5.41) is 17.0. The zero-order valence-corrected chi connectivity index (χ0v) is 13.3. The van der Waals surface area contributed by atoms with Crippen molar-refractivity contribution in [3.05, 3.63) is 40.0 Å². The molecule has 0 bridgehead atoms. The fraction of sp³-hybridized carbons (Fsp3) is 0.438. The van der Waals surface area contributed by atoms with Gasteiger partial charge in [0, 0.05) is 25.0 Å². The van der Waals surface area contributed by atoms with Crippen molar-refractivity contribution in [2.45, 2.75) is 34.1 Å². The van der Waals surface area contributed by atoms with Crippen LogP contribution in [0.1, 0.15) is 33.9 Å². The van der Waals surface area contributed by atoms with E-state index in [2.05, 4.69) is 28.4 Å². The van der Waals surface area contributed by atoms with Crippen molar-refractivity contribution in [2.24, 2.45) is 7.05 Å². The quantitative estimate of drug-likeness (QED) is 0.936. The third-order valence-corrected chi connectivity index (χ3v) is 3.79. The van der Waals surface area contributed by atoms with E-state index in [0.29, 0.717) is 5.56 Å². The number of nitrogens with zero attached hydrogens (tertiary/aromatic N) is 4. The van der Waals surface area contributed by atoms with Gasteiger partial charge >= 0.3 is 0 Å². The molecule has 0 unspecified atom stereocenters. The molecule has 110 valence electrons. The van der Waals surface area contributed by atoms with Crippen LogP contribution < -0.4 is 5.32 Å². The van der Waals surface area contributed by atoms with E-state index in [1.54, 1.807) is 0 Å². The van der Waals surface area contributed by atoms with Crippen LogP contribution in [0.15, 0.2) is 6.07 Å². The fourth-order valence-electron chi connectivity index (χ4n) is 2.61. The van der Waals surface area contributed by atoms with Gasteiger partial charge in [-0.15, -0.1) is 0 Å². The first-order chi connectivity index (χ1) is 9.93. The number of nitrogens with one attached hydrogen (secondary N) is 1. The predicted octanol–water partition coefficient (Wildman–Crippen LogP) is 2.58. The molecular formula is C16H21N5. The molecule has 0 radical (unpaired) electrons. The zero-order valence-electron chi connectivity index (χ0n) is 13.3. The average Bonchev–Trinajstić information content (AvgIpc) is 2.64. The van der Waals surface area contributed by atoms with Gasteiger partial charge in [0.25, 0.3) is 0 Å². The van der Waals surface area contributed by atoms with E-state index >= 15 is 0 Å². The van der Waals surface area contributed by atoms with Crippen LogP contribution in [-0.4, -0.2) is 21.3 Å². The Labute approximate surface area is 125 Å². The molecule has 0 aliphatic heterocycles. The highest BCUT2D eigenvalue weighted by molar-refractivity contribution is 5.59. The van der Waals surface area contributed by atoms with Crippen LogP contribution in [0.5, 0.6) is 0 Å². The van der Waals surface area contributed by atoms with E-state index in [1.165, 1.54) is 11.3 Å². The summed E-state index contributed by atoms with van der Waals surface area (Å²) in [5.41, 5.74) is 6.71. The molecule has 2 rings (SSSR count). The number of rotatable bonds is 4. The van der Waals surface area contributed by atoms with Crippen molar-refractivity contribution >= 4 is 5.69 Å². The molecule has 0 aliphatic carbocycles. The molecule has 0 saturated carbocycles. The van der Waals surface area contributed by atoms with Gasteiger partial charge in [0.15, 0.2) is 0 Å². The second-order valence-electron chi connectivity index (χ2n) is 5.33. The summed E-state index contributed by atoms with van der Waals surface area (Å²) in [6.07, 6.45) is 0.886. The molecule has 5 nitrogen and oxygen atoms in total. The molecule has 1 N–H and O–H groups in total. The minimum Gasteiger partial charge on any atom is -0.384 e.